The first-order valence-corrected chi connectivity index (χ1v) is 10.2. The zero-order chi connectivity index (χ0) is 21.8. The molecular formula is C22H25FN4O4. The van der Waals surface area contributed by atoms with Gasteiger partial charge in [0, 0.05) is 31.9 Å². The quantitative estimate of drug-likeness (QED) is 0.765. The van der Waals surface area contributed by atoms with Gasteiger partial charge in [0.2, 0.25) is 12.7 Å². The van der Waals surface area contributed by atoms with Crippen molar-refractivity contribution in [3.63, 3.8) is 0 Å². The number of rotatable bonds is 5. The number of carbonyl (C=O) groups excluding carboxylic acids is 2. The Bertz CT molecular complexity index is 945. The van der Waals surface area contributed by atoms with Gasteiger partial charge in [0.15, 0.2) is 11.5 Å². The molecule has 2 heterocycles. The molecule has 0 bridgehead atoms. The molecule has 164 valence electrons. The van der Waals surface area contributed by atoms with Crippen LogP contribution in [-0.4, -0.2) is 61.3 Å². The van der Waals surface area contributed by atoms with Gasteiger partial charge in [-0.1, -0.05) is 6.07 Å². The maximum Gasteiger partial charge on any atom is 0.317 e. The summed E-state index contributed by atoms with van der Waals surface area (Å²) >= 11 is 0. The number of amides is 3. The Balaban J connectivity index is 1.22. The summed E-state index contributed by atoms with van der Waals surface area (Å²) in [6.45, 7) is 4.62. The van der Waals surface area contributed by atoms with Crippen LogP contribution in [0.25, 0.3) is 0 Å². The lowest BCUT2D eigenvalue weighted by Gasteiger charge is -2.35. The standard InChI is InChI=1S/C22H25FN4O4/c1-15(16-2-7-19-20(12-16)31-14-30-19)24-22(29)27-10-8-26(9-11-27)13-21(28)25-18-5-3-17(23)4-6-18/h2-7,12,15H,8-11,13-14H2,1H3,(H,24,29)(H,25,28). The van der Waals surface area contributed by atoms with E-state index < -0.39 is 0 Å². The van der Waals surface area contributed by atoms with Crippen molar-refractivity contribution in [1.29, 1.82) is 0 Å². The molecule has 3 amide bonds. The molecule has 0 spiro atoms. The monoisotopic (exact) mass is 428 g/mol. The number of benzene rings is 2. The lowest BCUT2D eigenvalue weighted by atomic mass is 10.1. The maximum atomic E-state index is 13.0. The minimum atomic E-state index is -0.347. The summed E-state index contributed by atoms with van der Waals surface area (Å²) in [5, 5.41) is 5.77. The van der Waals surface area contributed by atoms with Gasteiger partial charge in [0.25, 0.3) is 0 Å². The second-order valence-electron chi connectivity index (χ2n) is 7.60. The first-order valence-electron chi connectivity index (χ1n) is 10.2. The molecule has 4 rings (SSSR count). The van der Waals surface area contributed by atoms with E-state index in [1.807, 2.05) is 30.0 Å². The van der Waals surface area contributed by atoms with Crippen LogP contribution in [0.1, 0.15) is 18.5 Å². The highest BCUT2D eigenvalue weighted by Gasteiger charge is 2.24. The van der Waals surface area contributed by atoms with Gasteiger partial charge in [-0.15, -0.1) is 0 Å². The SMILES string of the molecule is CC(NC(=O)N1CCN(CC(=O)Nc2ccc(F)cc2)CC1)c1ccc2c(c1)OCO2. The minimum Gasteiger partial charge on any atom is -0.454 e. The molecule has 0 aromatic heterocycles. The van der Waals surface area contributed by atoms with Crippen molar-refractivity contribution in [2.75, 3.05) is 44.8 Å². The Morgan fingerprint density at radius 1 is 1.03 bits per heavy atom. The fourth-order valence-corrected chi connectivity index (χ4v) is 3.59. The van der Waals surface area contributed by atoms with Crippen LogP contribution in [0, 0.1) is 5.82 Å². The first kappa shape index (κ1) is 20.9. The Morgan fingerprint density at radius 3 is 2.48 bits per heavy atom. The molecule has 1 unspecified atom stereocenters. The van der Waals surface area contributed by atoms with Gasteiger partial charge in [0.1, 0.15) is 5.82 Å². The number of hydrogen-bond donors (Lipinski definition) is 2. The summed E-state index contributed by atoms with van der Waals surface area (Å²) in [6, 6.07) is 11.0. The van der Waals surface area contributed by atoms with Crippen molar-refractivity contribution in [3.8, 4) is 11.5 Å². The average molecular weight is 428 g/mol. The van der Waals surface area contributed by atoms with Gasteiger partial charge in [-0.2, -0.15) is 0 Å². The number of piperazine rings is 1. The average Bonchev–Trinajstić information content (AvgIpc) is 3.23. The van der Waals surface area contributed by atoms with Crippen LogP contribution in [0.2, 0.25) is 0 Å². The van der Waals surface area contributed by atoms with E-state index in [0.29, 0.717) is 43.4 Å². The second-order valence-corrected chi connectivity index (χ2v) is 7.60. The summed E-state index contributed by atoms with van der Waals surface area (Å²) in [5.74, 6) is 0.883. The third kappa shape index (κ3) is 5.24. The van der Waals surface area contributed by atoms with E-state index >= 15 is 0 Å². The Labute approximate surface area is 179 Å². The minimum absolute atomic E-state index is 0.138. The third-order valence-corrected chi connectivity index (χ3v) is 5.39. The predicted octanol–water partition coefficient (Wildman–Crippen LogP) is 2.58. The van der Waals surface area contributed by atoms with Crippen LogP contribution in [0.4, 0.5) is 14.9 Å². The highest BCUT2D eigenvalue weighted by atomic mass is 19.1. The fourth-order valence-electron chi connectivity index (χ4n) is 3.59. The van der Waals surface area contributed by atoms with Gasteiger partial charge in [-0.3, -0.25) is 9.69 Å². The normalized spacial score (nSPS) is 16.6. The van der Waals surface area contributed by atoms with E-state index in [2.05, 4.69) is 10.6 Å². The molecule has 9 heteroatoms. The smallest absolute Gasteiger partial charge is 0.317 e. The van der Waals surface area contributed by atoms with E-state index in [1.54, 1.807) is 4.90 Å². The molecule has 0 saturated carbocycles. The van der Waals surface area contributed by atoms with Crippen LogP contribution in [0.3, 0.4) is 0 Å². The first-order chi connectivity index (χ1) is 15.0. The predicted molar refractivity (Wildman–Crippen MR) is 113 cm³/mol. The van der Waals surface area contributed by atoms with Crippen molar-refractivity contribution in [1.82, 2.24) is 15.1 Å². The number of nitrogens with zero attached hydrogens (tertiary/aromatic N) is 2. The summed E-state index contributed by atoms with van der Waals surface area (Å²) in [7, 11) is 0. The molecule has 8 nitrogen and oxygen atoms in total. The zero-order valence-electron chi connectivity index (χ0n) is 17.3. The number of hydrogen-bond acceptors (Lipinski definition) is 5. The molecule has 31 heavy (non-hydrogen) atoms. The molecule has 2 aromatic rings. The molecule has 0 aliphatic carbocycles. The molecule has 2 N–H and O–H groups in total. The lowest BCUT2D eigenvalue weighted by molar-refractivity contribution is -0.117. The molecular weight excluding hydrogens is 403 g/mol. The number of carbonyl (C=O) groups is 2. The van der Waals surface area contributed by atoms with Crippen molar-refractivity contribution in [2.45, 2.75) is 13.0 Å². The van der Waals surface area contributed by atoms with Crippen molar-refractivity contribution in [3.05, 3.63) is 53.8 Å². The van der Waals surface area contributed by atoms with Crippen molar-refractivity contribution in [2.24, 2.45) is 0 Å². The lowest BCUT2D eigenvalue weighted by Crippen LogP contribution is -2.53. The number of nitrogens with one attached hydrogen (secondary N) is 2. The molecule has 2 aromatic carbocycles. The summed E-state index contributed by atoms with van der Waals surface area (Å²) in [4.78, 5) is 28.6. The van der Waals surface area contributed by atoms with Gasteiger partial charge in [-0.05, 0) is 48.9 Å². The maximum absolute atomic E-state index is 13.0. The highest BCUT2D eigenvalue weighted by Crippen LogP contribution is 2.34. The van der Waals surface area contributed by atoms with Crippen molar-refractivity contribution >= 4 is 17.6 Å². The van der Waals surface area contributed by atoms with Crippen LogP contribution in [0.5, 0.6) is 11.5 Å². The molecule has 2 aliphatic heterocycles. The molecule has 0 radical (unpaired) electrons. The Hall–Kier alpha value is -3.33. The van der Waals surface area contributed by atoms with E-state index in [4.69, 9.17) is 9.47 Å². The zero-order valence-corrected chi connectivity index (χ0v) is 17.3. The second kappa shape index (κ2) is 9.22. The van der Waals surface area contributed by atoms with Crippen LogP contribution < -0.4 is 20.1 Å². The van der Waals surface area contributed by atoms with Gasteiger partial charge in [-0.25, -0.2) is 9.18 Å². The molecule has 2 aliphatic rings. The van der Waals surface area contributed by atoms with E-state index in [1.165, 1.54) is 24.3 Å². The fraction of sp³-hybridized carbons (Fsp3) is 0.364. The van der Waals surface area contributed by atoms with Gasteiger partial charge < -0.3 is 25.0 Å². The topological polar surface area (TPSA) is 83.1 Å². The Kier molecular flexibility index (Phi) is 6.22. The summed E-state index contributed by atoms with van der Waals surface area (Å²) in [6.07, 6.45) is 0. The summed E-state index contributed by atoms with van der Waals surface area (Å²) in [5.41, 5.74) is 1.50. The summed E-state index contributed by atoms with van der Waals surface area (Å²) < 4.78 is 23.7. The van der Waals surface area contributed by atoms with Crippen LogP contribution in [0.15, 0.2) is 42.5 Å². The molecule has 1 atom stereocenters. The third-order valence-electron chi connectivity index (χ3n) is 5.39. The van der Waals surface area contributed by atoms with Gasteiger partial charge >= 0.3 is 6.03 Å². The van der Waals surface area contributed by atoms with Crippen molar-refractivity contribution < 1.29 is 23.5 Å². The van der Waals surface area contributed by atoms with Gasteiger partial charge in [0.05, 0.1) is 12.6 Å². The van der Waals surface area contributed by atoms with E-state index in [-0.39, 0.29) is 37.1 Å². The number of ether oxygens (including phenoxy) is 2. The highest BCUT2D eigenvalue weighted by molar-refractivity contribution is 5.92. The van der Waals surface area contributed by atoms with Crippen LogP contribution >= 0.6 is 0 Å². The van der Waals surface area contributed by atoms with E-state index in [0.717, 1.165) is 5.56 Å². The van der Waals surface area contributed by atoms with E-state index in [9.17, 15) is 14.0 Å². The number of urea groups is 1. The Morgan fingerprint density at radius 2 is 1.74 bits per heavy atom. The largest absolute Gasteiger partial charge is 0.454 e. The van der Waals surface area contributed by atoms with Crippen LogP contribution in [-0.2, 0) is 4.79 Å². The molecule has 1 fully saturated rings. The molecule has 1 saturated heterocycles. The number of halogens is 1. The number of anilines is 1. The number of fused-ring (bicyclic) bond motifs is 1.